The molecule has 3 aromatic rings. The fourth-order valence-electron chi connectivity index (χ4n) is 3.62. The van der Waals surface area contributed by atoms with Gasteiger partial charge in [0, 0.05) is 23.6 Å². The third kappa shape index (κ3) is 7.08. The van der Waals surface area contributed by atoms with Crippen molar-refractivity contribution in [1.82, 2.24) is 14.7 Å². The zero-order chi connectivity index (χ0) is 26.5. The number of hydrogen-bond donors (Lipinski definition) is 1. The number of unbranched alkanes of at least 4 members (excludes halogenated alkanes) is 2. The molecule has 0 aliphatic rings. The van der Waals surface area contributed by atoms with Crippen LogP contribution in [0.3, 0.4) is 0 Å². The van der Waals surface area contributed by atoms with Gasteiger partial charge in [-0.25, -0.2) is 9.07 Å². The number of nitrogens with zero attached hydrogens (tertiary/aromatic N) is 3. The molecule has 192 valence electrons. The van der Waals surface area contributed by atoms with Gasteiger partial charge in [-0.2, -0.15) is 5.10 Å². The van der Waals surface area contributed by atoms with E-state index in [0.29, 0.717) is 28.1 Å². The number of aromatic nitrogens is 2. The number of halogens is 3. The summed E-state index contributed by atoms with van der Waals surface area (Å²) in [6.45, 7) is 8.32. The fraction of sp³-hybridized carbons (Fsp3) is 0.370. The number of carbonyl (C=O) groups is 2. The largest absolute Gasteiger partial charge is 0.329 e. The highest BCUT2D eigenvalue weighted by Gasteiger charge is 2.24. The van der Waals surface area contributed by atoms with E-state index < -0.39 is 17.6 Å². The predicted octanol–water partition coefficient (Wildman–Crippen LogP) is 6.89. The van der Waals surface area contributed by atoms with Gasteiger partial charge in [-0.3, -0.25) is 9.59 Å². The van der Waals surface area contributed by atoms with Crippen LogP contribution in [0, 0.1) is 5.82 Å². The Labute approximate surface area is 221 Å². The quantitative estimate of drug-likeness (QED) is 0.305. The van der Waals surface area contributed by atoms with Crippen molar-refractivity contribution < 1.29 is 14.0 Å². The summed E-state index contributed by atoms with van der Waals surface area (Å²) in [5, 5.41) is 8.35. The van der Waals surface area contributed by atoms with E-state index in [1.165, 1.54) is 23.1 Å². The van der Waals surface area contributed by atoms with Crippen molar-refractivity contribution in [3.05, 3.63) is 75.7 Å². The van der Waals surface area contributed by atoms with Crippen LogP contribution in [0.5, 0.6) is 0 Å². The van der Waals surface area contributed by atoms with E-state index in [4.69, 9.17) is 23.2 Å². The van der Waals surface area contributed by atoms with E-state index in [1.54, 1.807) is 35.0 Å². The molecule has 0 unspecified atom stereocenters. The predicted molar refractivity (Wildman–Crippen MR) is 143 cm³/mol. The highest BCUT2D eigenvalue weighted by atomic mass is 35.5. The first-order valence-electron chi connectivity index (χ1n) is 11.9. The average Bonchev–Trinajstić information content (AvgIpc) is 3.24. The van der Waals surface area contributed by atoms with Crippen molar-refractivity contribution in [2.75, 3.05) is 18.4 Å². The second kappa shape index (κ2) is 11.9. The van der Waals surface area contributed by atoms with Gasteiger partial charge in [0.05, 0.1) is 21.4 Å². The summed E-state index contributed by atoms with van der Waals surface area (Å²) in [6.07, 6.45) is 2.61. The molecule has 0 aliphatic carbocycles. The first kappa shape index (κ1) is 27.7. The van der Waals surface area contributed by atoms with Crippen molar-refractivity contribution in [2.24, 2.45) is 0 Å². The van der Waals surface area contributed by atoms with Crippen molar-refractivity contribution in [2.45, 2.75) is 52.4 Å². The Balaban J connectivity index is 1.87. The lowest BCUT2D eigenvalue weighted by Gasteiger charge is -2.22. The second-order valence-electron chi connectivity index (χ2n) is 9.67. The summed E-state index contributed by atoms with van der Waals surface area (Å²) in [6, 6.07) is 12.4. The minimum Gasteiger partial charge on any atom is -0.329 e. The maximum atomic E-state index is 13.7. The second-order valence-corrected chi connectivity index (χ2v) is 10.5. The Hall–Kier alpha value is -2.90. The van der Waals surface area contributed by atoms with Gasteiger partial charge >= 0.3 is 0 Å². The van der Waals surface area contributed by atoms with Crippen LogP contribution in [0.4, 0.5) is 10.2 Å². The van der Waals surface area contributed by atoms with Crippen molar-refractivity contribution in [3.8, 4) is 5.69 Å². The molecule has 0 aliphatic heterocycles. The number of nitrogens with one attached hydrogen (secondary N) is 1. The molecule has 2 aromatic carbocycles. The first-order valence-corrected chi connectivity index (χ1v) is 12.7. The minimum atomic E-state index is -0.501. The maximum Gasteiger partial charge on any atom is 0.254 e. The van der Waals surface area contributed by atoms with E-state index in [1.807, 2.05) is 20.8 Å². The molecule has 0 bridgehead atoms. The van der Waals surface area contributed by atoms with E-state index in [0.717, 1.165) is 25.0 Å². The van der Waals surface area contributed by atoms with Crippen LogP contribution in [-0.2, 0) is 10.2 Å². The summed E-state index contributed by atoms with van der Waals surface area (Å²) in [5.74, 6) is -0.846. The van der Waals surface area contributed by atoms with Crippen molar-refractivity contribution in [1.29, 1.82) is 0 Å². The van der Waals surface area contributed by atoms with Crippen LogP contribution in [0.15, 0.2) is 48.5 Å². The summed E-state index contributed by atoms with van der Waals surface area (Å²) in [7, 11) is 0. The normalized spacial score (nSPS) is 11.4. The molecular formula is C27H31Cl2FN4O2. The molecule has 0 atom stereocenters. The van der Waals surface area contributed by atoms with Crippen LogP contribution in [-0.4, -0.2) is 39.6 Å². The van der Waals surface area contributed by atoms with Crippen LogP contribution >= 0.6 is 23.2 Å². The average molecular weight is 533 g/mol. The molecule has 3 rings (SSSR count). The topological polar surface area (TPSA) is 67.2 Å². The SMILES string of the molecule is CCCCCN(CC(=O)Nc1cc(C(C)(C)C)nn1-c1ccc(Cl)c(Cl)c1)C(=O)c1cccc(F)c1. The van der Waals surface area contributed by atoms with Gasteiger partial charge in [0.2, 0.25) is 5.91 Å². The number of hydrogen-bond acceptors (Lipinski definition) is 3. The highest BCUT2D eigenvalue weighted by molar-refractivity contribution is 6.42. The summed E-state index contributed by atoms with van der Waals surface area (Å²) >= 11 is 12.3. The molecule has 0 saturated carbocycles. The molecule has 36 heavy (non-hydrogen) atoms. The molecule has 6 nitrogen and oxygen atoms in total. The van der Waals surface area contributed by atoms with Crippen LogP contribution in [0.1, 0.15) is 63.0 Å². The molecular weight excluding hydrogens is 502 g/mol. The number of carbonyl (C=O) groups excluding carboxylic acids is 2. The lowest BCUT2D eigenvalue weighted by atomic mass is 9.92. The summed E-state index contributed by atoms with van der Waals surface area (Å²) in [5.41, 5.74) is 1.32. The molecule has 2 amide bonds. The van der Waals surface area contributed by atoms with Crippen molar-refractivity contribution in [3.63, 3.8) is 0 Å². The molecule has 1 N–H and O–H groups in total. The Morgan fingerprint density at radius 1 is 1.06 bits per heavy atom. The molecule has 0 fully saturated rings. The summed E-state index contributed by atoms with van der Waals surface area (Å²) in [4.78, 5) is 27.7. The van der Waals surface area contributed by atoms with Crippen LogP contribution in [0.25, 0.3) is 5.69 Å². The summed E-state index contributed by atoms with van der Waals surface area (Å²) < 4.78 is 15.3. The fourth-order valence-corrected chi connectivity index (χ4v) is 3.91. The number of benzene rings is 2. The van der Waals surface area contributed by atoms with Gasteiger partial charge in [0.1, 0.15) is 18.2 Å². The Bertz CT molecular complexity index is 1240. The molecule has 0 radical (unpaired) electrons. The van der Waals surface area contributed by atoms with Gasteiger partial charge in [-0.1, -0.05) is 69.8 Å². The van der Waals surface area contributed by atoms with Gasteiger partial charge in [-0.05, 0) is 42.8 Å². The Kier molecular flexibility index (Phi) is 9.14. The number of amides is 2. The molecule has 0 saturated heterocycles. The maximum absolute atomic E-state index is 13.7. The van der Waals surface area contributed by atoms with E-state index >= 15 is 0 Å². The molecule has 0 spiro atoms. The molecule has 1 heterocycles. The lowest BCUT2D eigenvalue weighted by molar-refractivity contribution is -0.117. The van der Waals surface area contributed by atoms with Gasteiger partial charge < -0.3 is 10.2 Å². The Morgan fingerprint density at radius 2 is 1.81 bits per heavy atom. The van der Waals surface area contributed by atoms with Crippen molar-refractivity contribution >= 4 is 40.8 Å². The van der Waals surface area contributed by atoms with Crippen LogP contribution in [0.2, 0.25) is 10.0 Å². The third-order valence-electron chi connectivity index (χ3n) is 5.62. The standard InChI is InChI=1S/C27H31Cl2FN4O2/c1-5-6-7-13-33(26(36)18-9-8-10-19(30)14-18)17-25(35)31-24-16-23(27(2,3)4)32-34(24)20-11-12-21(28)22(29)15-20/h8-12,14-16H,5-7,13,17H2,1-4H3,(H,31,35). The van der Waals surface area contributed by atoms with Gasteiger partial charge in [-0.15, -0.1) is 0 Å². The van der Waals surface area contributed by atoms with E-state index in [2.05, 4.69) is 17.3 Å². The zero-order valence-electron chi connectivity index (χ0n) is 20.9. The third-order valence-corrected chi connectivity index (χ3v) is 6.36. The molecule has 9 heteroatoms. The number of anilines is 1. The van der Waals surface area contributed by atoms with Gasteiger partial charge in [0.25, 0.3) is 5.91 Å². The smallest absolute Gasteiger partial charge is 0.254 e. The van der Waals surface area contributed by atoms with Crippen LogP contribution < -0.4 is 5.32 Å². The van der Waals surface area contributed by atoms with Gasteiger partial charge in [0.15, 0.2) is 0 Å². The molecule has 1 aromatic heterocycles. The lowest BCUT2D eigenvalue weighted by Crippen LogP contribution is -2.39. The zero-order valence-corrected chi connectivity index (χ0v) is 22.5. The number of rotatable bonds is 9. The first-order chi connectivity index (χ1) is 17.0. The Morgan fingerprint density at radius 3 is 2.44 bits per heavy atom. The van der Waals surface area contributed by atoms with E-state index in [9.17, 15) is 14.0 Å². The monoisotopic (exact) mass is 532 g/mol. The minimum absolute atomic E-state index is 0.184. The highest BCUT2D eigenvalue weighted by Crippen LogP contribution is 2.29. The van der Waals surface area contributed by atoms with E-state index in [-0.39, 0.29) is 17.5 Å².